The standard InChI is InChI=1S/C11H10F3NO3.ClH/c12-11(13,14)6-2-1-5(10(16)17)9-8(6)7(15)3-4-18-9;/h1-2,7H,3-4,15H2,(H,16,17);1H/t7-;/m1./s1. The number of fused-ring (bicyclic) bond motifs is 1. The second-order valence-corrected chi connectivity index (χ2v) is 3.95. The molecule has 0 radical (unpaired) electrons. The molecule has 4 nitrogen and oxygen atoms in total. The van der Waals surface area contributed by atoms with E-state index in [2.05, 4.69) is 0 Å². The van der Waals surface area contributed by atoms with E-state index in [1.807, 2.05) is 0 Å². The summed E-state index contributed by atoms with van der Waals surface area (Å²) in [6.45, 7) is 0.107. The van der Waals surface area contributed by atoms with Crippen LogP contribution in [0.15, 0.2) is 12.1 Å². The maximum Gasteiger partial charge on any atom is 0.416 e. The second kappa shape index (κ2) is 5.26. The number of ether oxygens (including phenoxy) is 1. The van der Waals surface area contributed by atoms with Gasteiger partial charge >= 0.3 is 12.1 Å². The molecule has 1 aliphatic rings. The van der Waals surface area contributed by atoms with Gasteiger partial charge < -0.3 is 15.6 Å². The minimum Gasteiger partial charge on any atom is -0.492 e. The Labute approximate surface area is 112 Å². The molecule has 0 saturated heterocycles. The zero-order chi connectivity index (χ0) is 13.5. The van der Waals surface area contributed by atoms with Gasteiger partial charge in [0.1, 0.15) is 11.3 Å². The SMILES string of the molecule is Cl.N[C@@H]1CCOc2c(C(=O)O)ccc(C(F)(F)F)c21. The lowest BCUT2D eigenvalue weighted by molar-refractivity contribution is -0.138. The van der Waals surface area contributed by atoms with Gasteiger partial charge in [0.05, 0.1) is 12.2 Å². The normalized spacial score (nSPS) is 18.0. The van der Waals surface area contributed by atoms with Gasteiger partial charge in [-0.1, -0.05) is 0 Å². The molecule has 0 saturated carbocycles. The molecular weight excluding hydrogens is 287 g/mol. The average molecular weight is 298 g/mol. The predicted octanol–water partition coefficient (Wildman–Crippen LogP) is 2.61. The molecule has 1 aromatic carbocycles. The molecule has 0 bridgehead atoms. The number of carboxylic acid groups (broad SMARTS) is 1. The van der Waals surface area contributed by atoms with E-state index < -0.39 is 23.8 Å². The van der Waals surface area contributed by atoms with Crippen LogP contribution in [0.3, 0.4) is 0 Å². The Balaban J connectivity index is 0.00000180. The molecule has 1 heterocycles. The maximum absolute atomic E-state index is 12.8. The third kappa shape index (κ3) is 2.76. The van der Waals surface area contributed by atoms with Gasteiger partial charge in [-0.05, 0) is 12.1 Å². The van der Waals surface area contributed by atoms with Gasteiger partial charge in [0.2, 0.25) is 0 Å². The molecular formula is C11H11ClF3NO3. The van der Waals surface area contributed by atoms with E-state index in [9.17, 15) is 18.0 Å². The highest BCUT2D eigenvalue weighted by Crippen LogP contribution is 2.43. The number of nitrogens with two attached hydrogens (primary N) is 1. The van der Waals surface area contributed by atoms with Crippen LogP contribution in [0.25, 0.3) is 0 Å². The summed E-state index contributed by atoms with van der Waals surface area (Å²) in [7, 11) is 0. The third-order valence-electron chi connectivity index (χ3n) is 2.78. The predicted molar refractivity (Wildman–Crippen MR) is 62.7 cm³/mol. The van der Waals surface area contributed by atoms with Crippen molar-refractivity contribution in [3.05, 3.63) is 28.8 Å². The highest BCUT2D eigenvalue weighted by Gasteiger charge is 2.39. The minimum absolute atomic E-state index is 0. The van der Waals surface area contributed by atoms with Gasteiger partial charge in [0.25, 0.3) is 0 Å². The van der Waals surface area contributed by atoms with E-state index in [1.165, 1.54) is 0 Å². The molecule has 1 aliphatic heterocycles. The third-order valence-corrected chi connectivity index (χ3v) is 2.78. The molecule has 3 N–H and O–H groups in total. The van der Waals surface area contributed by atoms with Crippen molar-refractivity contribution in [2.75, 3.05) is 6.61 Å². The summed E-state index contributed by atoms with van der Waals surface area (Å²) in [6, 6.07) is 0.753. The number of alkyl halides is 3. The number of halogens is 4. The fraction of sp³-hybridized carbons (Fsp3) is 0.364. The number of aromatic carboxylic acids is 1. The van der Waals surface area contributed by atoms with E-state index >= 15 is 0 Å². The van der Waals surface area contributed by atoms with E-state index in [0.717, 1.165) is 12.1 Å². The van der Waals surface area contributed by atoms with Crippen LogP contribution in [0.1, 0.15) is 33.9 Å². The molecule has 0 aromatic heterocycles. The summed E-state index contributed by atoms with van der Waals surface area (Å²) in [5.41, 5.74) is 4.14. The van der Waals surface area contributed by atoms with Crippen molar-refractivity contribution in [3.8, 4) is 5.75 Å². The van der Waals surface area contributed by atoms with Gasteiger partial charge in [-0.25, -0.2) is 4.79 Å². The van der Waals surface area contributed by atoms with Crippen LogP contribution in [0.4, 0.5) is 13.2 Å². The first kappa shape index (κ1) is 15.6. The summed E-state index contributed by atoms with van der Waals surface area (Å²) in [4.78, 5) is 10.9. The van der Waals surface area contributed by atoms with Crippen LogP contribution in [0, 0.1) is 0 Å². The Bertz CT molecular complexity index is 505. The van der Waals surface area contributed by atoms with Gasteiger partial charge in [0.15, 0.2) is 0 Å². The van der Waals surface area contributed by atoms with Crippen molar-refractivity contribution in [2.45, 2.75) is 18.6 Å². The number of hydrogen-bond donors (Lipinski definition) is 2. The van der Waals surface area contributed by atoms with Crippen LogP contribution >= 0.6 is 12.4 Å². The molecule has 0 amide bonds. The quantitative estimate of drug-likeness (QED) is 0.836. The van der Waals surface area contributed by atoms with Gasteiger partial charge in [0, 0.05) is 18.0 Å². The minimum atomic E-state index is -4.58. The Morgan fingerprint density at radius 1 is 1.42 bits per heavy atom. The Hall–Kier alpha value is -1.47. The molecule has 19 heavy (non-hydrogen) atoms. The van der Waals surface area contributed by atoms with Crippen molar-refractivity contribution < 1.29 is 27.8 Å². The zero-order valence-corrected chi connectivity index (χ0v) is 10.3. The summed E-state index contributed by atoms with van der Waals surface area (Å²) < 4.78 is 43.5. The first-order chi connectivity index (χ1) is 8.32. The van der Waals surface area contributed by atoms with Gasteiger partial charge in [-0.3, -0.25) is 0 Å². The van der Waals surface area contributed by atoms with Crippen molar-refractivity contribution in [2.24, 2.45) is 5.73 Å². The number of rotatable bonds is 1. The summed E-state index contributed by atoms with van der Waals surface area (Å²) in [6.07, 6.45) is -4.36. The molecule has 1 aromatic rings. The second-order valence-electron chi connectivity index (χ2n) is 3.95. The molecule has 106 valence electrons. The first-order valence-corrected chi connectivity index (χ1v) is 5.18. The molecule has 1 atom stereocenters. The van der Waals surface area contributed by atoms with Crippen LogP contribution in [-0.4, -0.2) is 17.7 Å². The van der Waals surface area contributed by atoms with Gasteiger partial charge in [-0.15, -0.1) is 12.4 Å². The van der Waals surface area contributed by atoms with Crippen LogP contribution in [0.2, 0.25) is 0 Å². The number of carboxylic acids is 1. The largest absolute Gasteiger partial charge is 0.492 e. The summed E-state index contributed by atoms with van der Waals surface area (Å²) >= 11 is 0. The van der Waals surface area contributed by atoms with Crippen molar-refractivity contribution in [3.63, 3.8) is 0 Å². The van der Waals surface area contributed by atoms with Crippen LogP contribution in [-0.2, 0) is 6.18 Å². The summed E-state index contributed by atoms with van der Waals surface area (Å²) in [5, 5.41) is 8.92. The van der Waals surface area contributed by atoms with E-state index in [-0.39, 0.29) is 42.3 Å². The Morgan fingerprint density at radius 3 is 2.58 bits per heavy atom. The van der Waals surface area contributed by atoms with Crippen molar-refractivity contribution in [1.82, 2.24) is 0 Å². The Morgan fingerprint density at radius 2 is 2.05 bits per heavy atom. The average Bonchev–Trinajstić information content (AvgIpc) is 2.26. The van der Waals surface area contributed by atoms with Crippen molar-refractivity contribution in [1.29, 1.82) is 0 Å². The lowest BCUT2D eigenvalue weighted by Gasteiger charge is -2.27. The van der Waals surface area contributed by atoms with Crippen LogP contribution < -0.4 is 10.5 Å². The number of carbonyl (C=O) groups is 1. The topological polar surface area (TPSA) is 72.5 Å². The molecule has 0 aliphatic carbocycles. The van der Waals surface area contributed by atoms with Crippen LogP contribution in [0.5, 0.6) is 5.75 Å². The molecule has 0 fully saturated rings. The smallest absolute Gasteiger partial charge is 0.416 e. The lowest BCUT2D eigenvalue weighted by atomic mass is 9.92. The number of hydrogen-bond acceptors (Lipinski definition) is 3. The molecule has 2 rings (SSSR count). The monoisotopic (exact) mass is 297 g/mol. The van der Waals surface area contributed by atoms with Gasteiger partial charge in [-0.2, -0.15) is 13.2 Å². The van der Waals surface area contributed by atoms with E-state index in [0.29, 0.717) is 0 Å². The Kier molecular flexibility index (Phi) is 4.32. The fourth-order valence-electron chi connectivity index (χ4n) is 1.97. The molecule has 0 spiro atoms. The molecule has 0 unspecified atom stereocenters. The van der Waals surface area contributed by atoms with E-state index in [1.54, 1.807) is 0 Å². The first-order valence-electron chi connectivity index (χ1n) is 5.18. The van der Waals surface area contributed by atoms with Crippen molar-refractivity contribution >= 4 is 18.4 Å². The maximum atomic E-state index is 12.8. The lowest BCUT2D eigenvalue weighted by Crippen LogP contribution is -2.26. The highest BCUT2D eigenvalue weighted by molar-refractivity contribution is 5.92. The molecule has 8 heteroatoms. The zero-order valence-electron chi connectivity index (χ0n) is 9.53. The summed E-state index contributed by atoms with van der Waals surface area (Å²) in [5.74, 6) is -1.61. The fourth-order valence-corrected chi connectivity index (χ4v) is 1.97. The van der Waals surface area contributed by atoms with E-state index in [4.69, 9.17) is 15.6 Å². The number of benzene rings is 1. The highest BCUT2D eigenvalue weighted by atomic mass is 35.5.